The van der Waals surface area contributed by atoms with Crippen molar-refractivity contribution in [3.05, 3.63) is 29.0 Å². The summed E-state index contributed by atoms with van der Waals surface area (Å²) in [5.74, 6) is 0.647. The Hall–Kier alpha value is -1.62. The van der Waals surface area contributed by atoms with E-state index in [1.165, 1.54) is 5.57 Å². The van der Waals surface area contributed by atoms with Gasteiger partial charge in [0.15, 0.2) is 5.89 Å². The summed E-state index contributed by atoms with van der Waals surface area (Å²) in [7, 11) is 0. The Morgan fingerprint density at radius 3 is 3.00 bits per heavy atom. The fraction of sp³-hybridized carbons (Fsp3) is 0.500. The van der Waals surface area contributed by atoms with Crippen LogP contribution in [0.25, 0.3) is 0 Å². The van der Waals surface area contributed by atoms with Crippen LogP contribution in [0.15, 0.2) is 16.1 Å². The van der Waals surface area contributed by atoms with Crippen molar-refractivity contribution in [3.63, 3.8) is 0 Å². The number of nitrogens with zero attached hydrogens (tertiary/aromatic N) is 1. The first-order valence-electron chi connectivity index (χ1n) is 5.77. The number of hydrogen-bond acceptors (Lipinski definition) is 4. The van der Waals surface area contributed by atoms with Crippen LogP contribution in [0.1, 0.15) is 28.6 Å². The number of amides is 1. The minimum atomic E-state index is -0.192. The summed E-state index contributed by atoms with van der Waals surface area (Å²) in [6.07, 6.45) is 3.09. The highest BCUT2D eigenvalue weighted by Gasteiger charge is 2.15. The quantitative estimate of drug-likeness (QED) is 0.765. The van der Waals surface area contributed by atoms with Gasteiger partial charge in [-0.25, -0.2) is 4.98 Å². The third kappa shape index (κ3) is 2.94. The van der Waals surface area contributed by atoms with Crippen LogP contribution in [0.3, 0.4) is 0 Å². The largest absolute Gasteiger partial charge is 0.436 e. The first-order valence-corrected chi connectivity index (χ1v) is 5.77. The molecule has 0 aliphatic carbocycles. The van der Waals surface area contributed by atoms with E-state index < -0.39 is 0 Å². The van der Waals surface area contributed by atoms with Crippen molar-refractivity contribution < 1.29 is 9.21 Å². The van der Waals surface area contributed by atoms with Gasteiger partial charge in [-0.2, -0.15) is 0 Å². The lowest BCUT2D eigenvalue weighted by atomic mass is 10.1. The highest BCUT2D eigenvalue weighted by Crippen LogP contribution is 2.09. The molecule has 0 saturated carbocycles. The molecule has 1 aliphatic heterocycles. The van der Waals surface area contributed by atoms with E-state index in [4.69, 9.17) is 4.42 Å². The topological polar surface area (TPSA) is 67.2 Å². The highest BCUT2D eigenvalue weighted by atomic mass is 16.4. The van der Waals surface area contributed by atoms with Crippen molar-refractivity contribution in [1.29, 1.82) is 0 Å². The van der Waals surface area contributed by atoms with Gasteiger partial charge in [0, 0.05) is 20.0 Å². The number of carbonyl (C=O) groups excluding carboxylic acids is 1. The molecule has 1 aliphatic rings. The molecule has 1 aromatic heterocycles. The fourth-order valence-electron chi connectivity index (χ4n) is 1.85. The predicted molar refractivity (Wildman–Crippen MR) is 63.9 cm³/mol. The summed E-state index contributed by atoms with van der Waals surface area (Å²) in [5.41, 5.74) is 1.89. The standard InChI is InChI=1S/C12H17N3O2/c1-8-11(17-9(2)15-8)12(16)14-7-10-3-5-13-6-4-10/h3,13H,4-7H2,1-2H3,(H,14,16). The molecule has 1 amide bonds. The van der Waals surface area contributed by atoms with Crippen LogP contribution in [0.4, 0.5) is 0 Å². The normalized spacial score (nSPS) is 15.5. The van der Waals surface area contributed by atoms with E-state index in [1.54, 1.807) is 13.8 Å². The second kappa shape index (κ2) is 5.14. The SMILES string of the molecule is Cc1nc(C)c(C(=O)NCC2=CCNCC2)o1. The average Bonchev–Trinajstić information content (AvgIpc) is 2.67. The Labute approximate surface area is 100 Å². The Bertz CT molecular complexity index is 449. The van der Waals surface area contributed by atoms with Crippen molar-refractivity contribution in [1.82, 2.24) is 15.6 Å². The first-order chi connectivity index (χ1) is 8.16. The Balaban J connectivity index is 1.93. The summed E-state index contributed by atoms with van der Waals surface area (Å²) < 4.78 is 5.26. The van der Waals surface area contributed by atoms with Crippen LogP contribution in [0.5, 0.6) is 0 Å². The molecule has 0 atom stereocenters. The van der Waals surface area contributed by atoms with Crippen LogP contribution in [-0.2, 0) is 0 Å². The molecule has 2 N–H and O–H groups in total. The van der Waals surface area contributed by atoms with Gasteiger partial charge in [0.05, 0.1) is 5.69 Å². The highest BCUT2D eigenvalue weighted by molar-refractivity contribution is 5.92. The zero-order valence-electron chi connectivity index (χ0n) is 10.2. The number of aromatic nitrogens is 1. The molecule has 92 valence electrons. The summed E-state index contributed by atoms with van der Waals surface area (Å²) in [6, 6.07) is 0. The van der Waals surface area contributed by atoms with Crippen molar-refractivity contribution in [2.75, 3.05) is 19.6 Å². The second-order valence-electron chi connectivity index (χ2n) is 4.15. The average molecular weight is 235 g/mol. The van der Waals surface area contributed by atoms with Crippen molar-refractivity contribution in [2.24, 2.45) is 0 Å². The third-order valence-corrected chi connectivity index (χ3v) is 2.74. The number of carbonyl (C=O) groups is 1. The molecular formula is C12H17N3O2. The lowest BCUT2D eigenvalue weighted by molar-refractivity contribution is 0.0927. The maximum atomic E-state index is 11.8. The number of nitrogens with one attached hydrogen (secondary N) is 2. The number of oxazole rings is 1. The molecule has 0 fully saturated rings. The van der Waals surface area contributed by atoms with E-state index in [9.17, 15) is 4.79 Å². The van der Waals surface area contributed by atoms with E-state index in [2.05, 4.69) is 21.7 Å². The van der Waals surface area contributed by atoms with Gasteiger partial charge in [0.1, 0.15) is 0 Å². The van der Waals surface area contributed by atoms with Crippen LogP contribution in [0, 0.1) is 13.8 Å². The molecule has 0 aromatic carbocycles. The summed E-state index contributed by atoms with van der Waals surface area (Å²) in [6.45, 7) is 5.95. The number of aryl methyl sites for hydroxylation is 2. The van der Waals surface area contributed by atoms with Crippen LogP contribution in [-0.4, -0.2) is 30.5 Å². The molecule has 17 heavy (non-hydrogen) atoms. The predicted octanol–water partition coefficient (Wildman–Crippen LogP) is 0.941. The molecule has 0 radical (unpaired) electrons. The van der Waals surface area contributed by atoms with Gasteiger partial charge in [-0.15, -0.1) is 0 Å². The minimum Gasteiger partial charge on any atom is -0.436 e. The Morgan fingerprint density at radius 2 is 2.41 bits per heavy atom. The Kier molecular flexibility index (Phi) is 3.58. The molecule has 0 bridgehead atoms. The third-order valence-electron chi connectivity index (χ3n) is 2.74. The van der Waals surface area contributed by atoms with E-state index in [-0.39, 0.29) is 5.91 Å². The zero-order valence-corrected chi connectivity index (χ0v) is 10.2. The number of rotatable bonds is 3. The lowest BCUT2D eigenvalue weighted by Crippen LogP contribution is -2.29. The van der Waals surface area contributed by atoms with E-state index in [1.807, 2.05) is 0 Å². The second-order valence-corrected chi connectivity index (χ2v) is 4.15. The van der Waals surface area contributed by atoms with Gasteiger partial charge < -0.3 is 15.1 Å². The molecule has 0 saturated heterocycles. The van der Waals surface area contributed by atoms with Gasteiger partial charge in [-0.3, -0.25) is 4.79 Å². The van der Waals surface area contributed by atoms with Gasteiger partial charge in [0.25, 0.3) is 5.91 Å². The lowest BCUT2D eigenvalue weighted by Gasteiger charge is -2.14. The van der Waals surface area contributed by atoms with E-state index in [0.717, 1.165) is 19.5 Å². The first kappa shape index (κ1) is 11.9. The summed E-state index contributed by atoms with van der Waals surface area (Å²) in [4.78, 5) is 15.9. The van der Waals surface area contributed by atoms with Crippen LogP contribution >= 0.6 is 0 Å². The van der Waals surface area contributed by atoms with Gasteiger partial charge >= 0.3 is 0 Å². The fourth-order valence-corrected chi connectivity index (χ4v) is 1.85. The van der Waals surface area contributed by atoms with Crippen molar-refractivity contribution in [2.45, 2.75) is 20.3 Å². The molecule has 0 spiro atoms. The number of hydrogen-bond donors (Lipinski definition) is 2. The van der Waals surface area contributed by atoms with E-state index >= 15 is 0 Å². The van der Waals surface area contributed by atoms with E-state index in [0.29, 0.717) is 23.9 Å². The van der Waals surface area contributed by atoms with Crippen molar-refractivity contribution in [3.8, 4) is 0 Å². The van der Waals surface area contributed by atoms with Gasteiger partial charge in [0.2, 0.25) is 5.76 Å². The van der Waals surface area contributed by atoms with Crippen molar-refractivity contribution >= 4 is 5.91 Å². The van der Waals surface area contributed by atoms with Crippen LogP contribution in [0.2, 0.25) is 0 Å². The summed E-state index contributed by atoms with van der Waals surface area (Å²) in [5, 5.41) is 6.08. The molecule has 0 unspecified atom stereocenters. The Morgan fingerprint density at radius 1 is 1.59 bits per heavy atom. The molecule has 2 heterocycles. The molecule has 1 aromatic rings. The smallest absolute Gasteiger partial charge is 0.289 e. The minimum absolute atomic E-state index is 0.192. The molecule has 5 heteroatoms. The monoisotopic (exact) mass is 235 g/mol. The van der Waals surface area contributed by atoms with Gasteiger partial charge in [-0.05, 0) is 19.9 Å². The molecular weight excluding hydrogens is 218 g/mol. The van der Waals surface area contributed by atoms with Gasteiger partial charge in [-0.1, -0.05) is 11.6 Å². The molecule has 5 nitrogen and oxygen atoms in total. The maximum Gasteiger partial charge on any atom is 0.289 e. The summed E-state index contributed by atoms with van der Waals surface area (Å²) >= 11 is 0. The zero-order chi connectivity index (χ0) is 12.3. The maximum absolute atomic E-state index is 11.8. The molecule has 2 rings (SSSR count). The van der Waals surface area contributed by atoms with Crippen LogP contribution < -0.4 is 10.6 Å².